The third kappa shape index (κ3) is 4.59. The first kappa shape index (κ1) is 20.6. The Balaban J connectivity index is 1.49. The molecule has 0 radical (unpaired) electrons. The van der Waals surface area contributed by atoms with E-state index in [1.54, 1.807) is 0 Å². The zero-order valence-electron chi connectivity index (χ0n) is 16.9. The lowest BCUT2D eigenvalue weighted by molar-refractivity contribution is -0.116. The lowest BCUT2D eigenvalue weighted by atomic mass is 10.1. The largest absolute Gasteiger partial charge is 0.354 e. The van der Waals surface area contributed by atoms with E-state index in [-0.39, 0.29) is 23.8 Å². The van der Waals surface area contributed by atoms with Gasteiger partial charge in [0.25, 0.3) is 5.91 Å². The Labute approximate surface area is 183 Å². The van der Waals surface area contributed by atoms with E-state index < -0.39 is 5.91 Å². The van der Waals surface area contributed by atoms with Crippen molar-refractivity contribution in [1.82, 2.24) is 25.3 Å². The maximum atomic E-state index is 12.5. The zero-order valence-corrected chi connectivity index (χ0v) is 17.6. The summed E-state index contributed by atoms with van der Waals surface area (Å²) in [5.41, 5.74) is 3.37. The van der Waals surface area contributed by atoms with Crippen LogP contribution in [0.4, 0.5) is 5.82 Å². The summed E-state index contributed by atoms with van der Waals surface area (Å²) in [6.45, 7) is 0.707. The third-order valence-corrected chi connectivity index (χ3v) is 5.26. The average molecular weight is 437 g/mol. The van der Waals surface area contributed by atoms with Gasteiger partial charge in [0, 0.05) is 42.1 Å². The highest BCUT2D eigenvalue weighted by molar-refractivity contribution is 6.30. The first-order chi connectivity index (χ1) is 15.0. The fourth-order valence-electron chi connectivity index (χ4n) is 3.48. The lowest BCUT2D eigenvalue weighted by Gasteiger charge is -2.05. The van der Waals surface area contributed by atoms with Crippen LogP contribution >= 0.6 is 11.6 Å². The number of nitrogens with zero attached hydrogens (tertiary/aromatic N) is 3. The molecule has 0 aliphatic carbocycles. The summed E-state index contributed by atoms with van der Waals surface area (Å²) in [5, 5.41) is 16.9. The second-order valence-electron chi connectivity index (χ2n) is 7.07. The molecule has 0 fully saturated rings. The summed E-state index contributed by atoms with van der Waals surface area (Å²) in [7, 11) is 1.49. The monoisotopic (exact) mass is 436 g/mol. The summed E-state index contributed by atoms with van der Waals surface area (Å²) >= 11 is 5.99. The predicted octanol–water partition coefficient (Wildman–Crippen LogP) is 3.39. The van der Waals surface area contributed by atoms with E-state index in [1.165, 1.54) is 7.05 Å². The predicted molar refractivity (Wildman–Crippen MR) is 119 cm³/mol. The number of carbonyl (C=O) groups excluding carboxylic acids is 2. The molecule has 3 N–H and O–H groups in total. The number of benzene rings is 2. The maximum Gasteiger partial charge on any atom is 0.275 e. The Morgan fingerprint density at radius 1 is 1.10 bits per heavy atom. The van der Waals surface area contributed by atoms with Crippen molar-refractivity contribution in [2.75, 3.05) is 12.4 Å². The Kier molecular flexibility index (Phi) is 5.99. The average Bonchev–Trinajstić information content (AvgIpc) is 3.38. The van der Waals surface area contributed by atoms with E-state index in [1.807, 2.05) is 36.4 Å². The Morgan fingerprint density at radius 2 is 1.87 bits per heavy atom. The van der Waals surface area contributed by atoms with Crippen LogP contribution in [0.15, 0.2) is 54.7 Å². The molecule has 2 amide bonds. The second-order valence-corrected chi connectivity index (χ2v) is 7.51. The van der Waals surface area contributed by atoms with Crippen LogP contribution < -0.4 is 10.6 Å². The number of fused-ring (bicyclic) bond motifs is 1. The summed E-state index contributed by atoms with van der Waals surface area (Å²) < 4.78 is 2.17. The van der Waals surface area contributed by atoms with Crippen molar-refractivity contribution in [2.24, 2.45) is 0 Å². The number of halogens is 1. The van der Waals surface area contributed by atoms with Gasteiger partial charge in [0.2, 0.25) is 5.91 Å². The number of hydrogen-bond donors (Lipinski definition) is 3. The van der Waals surface area contributed by atoms with Gasteiger partial charge in [0.05, 0.1) is 0 Å². The van der Waals surface area contributed by atoms with Gasteiger partial charge in [-0.3, -0.25) is 9.59 Å². The van der Waals surface area contributed by atoms with Crippen molar-refractivity contribution in [1.29, 1.82) is 0 Å². The standard InChI is InChI=1S/C22H21ClN6O2/c1-24-22(31)20-21(27-28-26-20)25-19(30)11-8-15-13-29(18-5-3-2-4-17(15)18)12-14-6-9-16(23)10-7-14/h2-7,9-10,13H,8,11-12H2,1H3,(H,24,31)(H2,25,26,27,28,30). The number of anilines is 1. The van der Waals surface area contributed by atoms with Gasteiger partial charge in [-0.1, -0.05) is 41.9 Å². The number of para-hydroxylation sites is 1. The molecule has 2 aromatic heterocycles. The summed E-state index contributed by atoms with van der Waals surface area (Å²) in [6.07, 6.45) is 2.88. The smallest absolute Gasteiger partial charge is 0.275 e. The van der Waals surface area contributed by atoms with Crippen molar-refractivity contribution in [3.8, 4) is 0 Å². The van der Waals surface area contributed by atoms with E-state index in [4.69, 9.17) is 11.6 Å². The summed E-state index contributed by atoms with van der Waals surface area (Å²) in [5.74, 6) is -0.544. The number of H-pyrrole nitrogens is 1. The van der Waals surface area contributed by atoms with E-state index >= 15 is 0 Å². The number of carbonyl (C=O) groups is 2. The molecule has 0 aliphatic heterocycles. The molecule has 0 saturated carbocycles. The first-order valence-corrected chi connectivity index (χ1v) is 10.2. The number of rotatable bonds is 7. The van der Waals surface area contributed by atoms with Gasteiger partial charge in [-0.2, -0.15) is 5.21 Å². The van der Waals surface area contributed by atoms with Gasteiger partial charge in [-0.05, 0) is 35.7 Å². The SMILES string of the molecule is CNC(=O)c1n[nH]nc1NC(=O)CCc1cn(Cc2ccc(Cl)cc2)c2ccccc12. The van der Waals surface area contributed by atoms with Crippen molar-refractivity contribution in [3.05, 3.63) is 76.6 Å². The van der Waals surface area contributed by atoms with E-state index in [0.717, 1.165) is 22.0 Å². The van der Waals surface area contributed by atoms with Crippen LogP contribution in [0.2, 0.25) is 5.02 Å². The highest BCUT2D eigenvalue weighted by atomic mass is 35.5. The molecule has 4 rings (SSSR count). The van der Waals surface area contributed by atoms with Crippen LogP contribution in [0.5, 0.6) is 0 Å². The topological polar surface area (TPSA) is 105 Å². The molecule has 0 saturated heterocycles. The molecule has 9 heteroatoms. The number of aromatic amines is 1. The number of aromatic nitrogens is 4. The normalized spacial score (nSPS) is 10.9. The Morgan fingerprint density at radius 3 is 2.65 bits per heavy atom. The first-order valence-electron chi connectivity index (χ1n) is 9.79. The number of aryl methyl sites for hydroxylation is 1. The van der Waals surface area contributed by atoms with Crippen LogP contribution in [-0.4, -0.2) is 38.8 Å². The van der Waals surface area contributed by atoms with Gasteiger partial charge in [0.15, 0.2) is 11.5 Å². The number of hydrogen-bond acceptors (Lipinski definition) is 4. The molecule has 2 aromatic carbocycles. The quantitative estimate of drug-likeness (QED) is 0.413. The minimum absolute atomic E-state index is 0.0513. The molecular formula is C22H21ClN6O2. The van der Waals surface area contributed by atoms with Crippen LogP contribution in [0.3, 0.4) is 0 Å². The molecule has 31 heavy (non-hydrogen) atoms. The van der Waals surface area contributed by atoms with Crippen molar-refractivity contribution in [2.45, 2.75) is 19.4 Å². The number of amides is 2. The molecule has 0 atom stereocenters. The molecule has 8 nitrogen and oxygen atoms in total. The van der Waals surface area contributed by atoms with Gasteiger partial charge >= 0.3 is 0 Å². The molecule has 0 spiro atoms. The molecule has 158 valence electrons. The van der Waals surface area contributed by atoms with Crippen molar-refractivity contribution < 1.29 is 9.59 Å². The lowest BCUT2D eigenvalue weighted by Crippen LogP contribution is -2.21. The third-order valence-electron chi connectivity index (χ3n) is 5.01. The van der Waals surface area contributed by atoms with Crippen LogP contribution in [0.25, 0.3) is 10.9 Å². The van der Waals surface area contributed by atoms with Gasteiger partial charge < -0.3 is 15.2 Å². The minimum atomic E-state index is -0.422. The fourth-order valence-corrected chi connectivity index (χ4v) is 3.60. The van der Waals surface area contributed by atoms with E-state index in [9.17, 15) is 9.59 Å². The molecular weight excluding hydrogens is 416 g/mol. The van der Waals surface area contributed by atoms with Crippen molar-refractivity contribution >= 4 is 40.1 Å². The Hall–Kier alpha value is -3.65. The number of nitrogens with one attached hydrogen (secondary N) is 3. The van der Waals surface area contributed by atoms with E-state index in [2.05, 4.69) is 48.9 Å². The van der Waals surface area contributed by atoms with Crippen molar-refractivity contribution in [3.63, 3.8) is 0 Å². The highest BCUT2D eigenvalue weighted by Crippen LogP contribution is 2.24. The molecule has 0 aliphatic rings. The van der Waals surface area contributed by atoms with Gasteiger partial charge in [-0.25, -0.2) is 0 Å². The fraction of sp³-hybridized carbons (Fsp3) is 0.182. The summed E-state index contributed by atoms with van der Waals surface area (Å²) in [6, 6.07) is 15.9. The Bertz CT molecular complexity index is 1230. The molecule has 2 heterocycles. The maximum absolute atomic E-state index is 12.5. The van der Waals surface area contributed by atoms with Crippen LogP contribution in [0, 0.1) is 0 Å². The van der Waals surface area contributed by atoms with Gasteiger partial charge in [0.1, 0.15) is 0 Å². The van der Waals surface area contributed by atoms with Gasteiger partial charge in [-0.15, -0.1) is 10.2 Å². The second kappa shape index (κ2) is 9.01. The minimum Gasteiger partial charge on any atom is -0.354 e. The summed E-state index contributed by atoms with van der Waals surface area (Å²) in [4.78, 5) is 24.2. The molecule has 4 aromatic rings. The van der Waals surface area contributed by atoms with E-state index in [0.29, 0.717) is 18.0 Å². The molecule has 0 bridgehead atoms. The highest BCUT2D eigenvalue weighted by Gasteiger charge is 2.17. The van der Waals surface area contributed by atoms with Crippen LogP contribution in [0.1, 0.15) is 28.0 Å². The van der Waals surface area contributed by atoms with Crippen LogP contribution in [-0.2, 0) is 17.8 Å². The molecule has 0 unspecified atom stereocenters. The zero-order chi connectivity index (χ0) is 21.8.